The van der Waals surface area contributed by atoms with Crippen LogP contribution in [-0.4, -0.2) is 20.3 Å². The summed E-state index contributed by atoms with van der Waals surface area (Å²) >= 11 is 1.18. The highest BCUT2D eigenvalue weighted by Gasteiger charge is 2.18. The standard InChI is InChI=1S/C14H19NO2S2/c1-10-7-6-8-12(13(10)18-11(2)16)9-15-19(17)14(3,4)5/h6-9H,1-5H3. The van der Waals surface area contributed by atoms with E-state index < -0.39 is 11.0 Å². The first-order valence-electron chi connectivity index (χ1n) is 5.96. The minimum atomic E-state index is -1.29. The third-order valence-electron chi connectivity index (χ3n) is 2.30. The van der Waals surface area contributed by atoms with Crippen molar-refractivity contribution in [3.05, 3.63) is 29.3 Å². The zero-order valence-electron chi connectivity index (χ0n) is 11.9. The number of carbonyl (C=O) groups is 1. The molecule has 1 unspecified atom stereocenters. The van der Waals surface area contributed by atoms with Gasteiger partial charge < -0.3 is 0 Å². The van der Waals surface area contributed by atoms with E-state index in [0.717, 1.165) is 16.0 Å². The van der Waals surface area contributed by atoms with Gasteiger partial charge in [-0.05, 0) is 33.3 Å². The summed E-state index contributed by atoms with van der Waals surface area (Å²) in [6, 6.07) is 5.73. The first-order valence-corrected chi connectivity index (χ1v) is 7.88. The highest BCUT2D eigenvalue weighted by Crippen LogP contribution is 2.26. The Bertz CT molecular complexity index is 531. The molecule has 3 nitrogen and oxygen atoms in total. The van der Waals surface area contributed by atoms with Gasteiger partial charge in [-0.1, -0.05) is 30.0 Å². The van der Waals surface area contributed by atoms with Crippen molar-refractivity contribution >= 4 is 34.1 Å². The second-order valence-electron chi connectivity index (χ2n) is 5.18. The van der Waals surface area contributed by atoms with E-state index in [0.29, 0.717) is 0 Å². The molecule has 19 heavy (non-hydrogen) atoms. The SMILES string of the molecule is CC(=O)Sc1c(C)cccc1C=NS(=O)C(C)(C)C. The quantitative estimate of drug-likeness (QED) is 0.633. The first kappa shape index (κ1) is 16.1. The van der Waals surface area contributed by atoms with Crippen LogP contribution in [0.3, 0.4) is 0 Å². The van der Waals surface area contributed by atoms with Crippen molar-refractivity contribution in [2.24, 2.45) is 4.40 Å². The fraction of sp³-hybridized carbons (Fsp3) is 0.429. The van der Waals surface area contributed by atoms with Gasteiger partial charge in [-0.3, -0.25) is 4.79 Å². The monoisotopic (exact) mass is 297 g/mol. The van der Waals surface area contributed by atoms with Crippen LogP contribution in [0.1, 0.15) is 38.8 Å². The maximum absolute atomic E-state index is 11.9. The number of hydrogen-bond acceptors (Lipinski definition) is 3. The lowest BCUT2D eigenvalue weighted by Crippen LogP contribution is -2.19. The van der Waals surface area contributed by atoms with E-state index in [1.54, 1.807) is 6.21 Å². The topological polar surface area (TPSA) is 46.5 Å². The van der Waals surface area contributed by atoms with Crippen LogP contribution in [0.2, 0.25) is 0 Å². The average Bonchev–Trinajstić information content (AvgIpc) is 2.27. The van der Waals surface area contributed by atoms with Crippen LogP contribution < -0.4 is 0 Å². The molecule has 1 rings (SSSR count). The molecule has 0 aliphatic carbocycles. The third kappa shape index (κ3) is 4.91. The van der Waals surface area contributed by atoms with Crippen LogP contribution in [0.15, 0.2) is 27.5 Å². The van der Waals surface area contributed by atoms with Crippen LogP contribution >= 0.6 is 11.8 Å². The van der Waals surface area contributed by atoms with Crippen LogP contribution in [0.5, 0.6) is 0 Å². The Hall–Kier alpha value is -0.940. The number of rotatable bonds is 3. The largest absolute Gasteiger partial charge is 0.287 e. The maximum Gasteiger partial charge on any atom is 0.190 e. The van der Waals surface area contributed by atoms with Crippen molar-refractivity contribution < 1.29 is 9.00 Å². The molecule has 0 aliphatic heterocycles. The van der Waals surface area contributed by atoms with Crippen molar-refractivity contribution in [1.82, 2.24) is 0 Å². The minimum Gasteiger partial charge on any atom is -0.287 e. The molecule has 0 amide bonds. The van der Waals surface area contributed by atoms with Gasteiger partial charge in [0, 0.05) is 23.6 Å². The smallest absolute Gasteiger partial charge is 0.190 e. The fourth-order valence-corrected chi connectivity index (χ4v) is 2.60. The van der Waals surface area contributed by atoms with Crippen LogP contribution in [-0.2, 0) is 15.8 Å². The molecular weight excluding hydrogens is 278 g/mol. The molecule has 0 spiro atoms. The predicted octanol–water partition coefficient (Wildman–Crippen LogP) is 3.51. The van der Waals surface area contributed by atoms with Crippen molar-refractivity contribution in [2.45, 2.75) is 44.3 Å². The molecule has 0 saturated carbocycles. The van der Waals surface area contributed by atoms with Crippen molar-refractivity contribution in [1.29, 1.82) is 0 Å². The number of benzene rings is 1. The molecule has 1 aromatic carbocycles. The molecule has 0 bridgehead atoms. The lowest BCUT2D eigenvalue weighted by molar-refractivity contribution is -0.109. The lowest BCUT2D eigenvalue weighted by Gasteiger charge is -2.13. The number of nitrogens with zero attached hydrogens (tertiary/aromatic N) is 1. The van der Waals surface area contributed by atoms with Crippen molar-refractivity contribution in [3.63, 3.8) is 0 Å². The van der Waals surface area contributed by atoms with Gasteiger partial charge in [-0.25, -0.2) is 4.21 Å². The van der Waals surface area contributed by atoms with Crippen molar-refractivity contribution in [3.8, 4) is 0 Å². The maximum atomic E-state index is 11.9. The Morgan fingerprint density at radius 3 is 2.53 bits per heavy atom. The third-order valence-corrected chi connectivity index (χ3v) is 4.69. The van der Waals surface area contributed by atoms with E-state index in [4.69, 9.17) is 0 Å². The van der Waals surface area contributed by atoms with E-state index >= 15 is 0 Å². The zero-order chi connectivity index (χ0) is 14.6. The second-order valence-corrected chi connectivity index (χ2v) is 8.30. The number of thioether (sulfide) groups is 1. The molecule has 1 atom stereocenters. The van der Waals surface area contributed by atoms with Gasteiger partial charge in [-0.15, -0.1) is 0 Å². The number of carbonyl (C=O) groups excluding carboxylic acids is 1. The molecule has 0 radical (unpaired) electrons. The Kier molecular flexibility index (Phi) is 5.50. The summed E-state index contributed by atoms with van der Waals surface area (Å²) in [6.07, 6.45) is 1.60. The van der Waals surface area contributed by atoms with E-state index in [1.807, 2.05) is 45.9 Å². The Morgan fingerprint density at radius 2 is 2.00 bits per heavy atom. The van der Waals surface area contributed by atoms with Crippen LogP contribution in [0, 0.1) is 6.92 Å². The van der Waals surface area contributed by atoms with Gasteiger partial charge in [0.05, 0.1) is 4.75 Å². The lowest BCUT2D eigenvalue weighted by atomic mass is 10.1. The summed E-state index contributed by atoms with van der Waals surface area (Å²) in [5.74, 6) is 0. The molecule has 0 fully saturated rings. The van der Waals surface area contributed by atoms with E-state index in [9.17, 15) is 9.00 Å². The molecule has 104 valence electrons. The summed E-state index contributed by atoms with van der Waals surface area (Å²) < 4.78 is 15.6. The van der Waals surface area contributed by atoms with Gasteiger partial charge in [0.1, 0.15) is 11.0 Å². The molecule has 0 aliphatic rings. The minimum absolute atomic E-state index is 0.0286. The summed E-state index contributed by atoms with van der Waals surface area (Å²) in [6.45, 7) is 9.11. The van der Waals surface area contributed by atoms with Gasteiger partial charge in [0.15, 0.2) is 5.12 Å². The Morgan fingerprint density at radius 1 is 1.37 bits per heavy atom. The van der Waals surface area contributed by atoms with Crippen LogP contribution in [0.25, 0.3) is 0 Å². The summed E-state index contributed by atoms with van der Waals surface area (Å²) in [7, 11) is -1.29. The molecule has 5 heteroatoms. The number of aryl methyl sites for hydroxylation is 1. The Balaban J connectivity index is 3.08. The summed E-state index contributed by atoms with van der Waals surface area (Å²) in [5, 5.41) is 0.0286. The van der Waals surface area contributed by atoms with Gasteiger partial charge in [-0.2, -0.15) is 4.40 Å². The molecule has 0 saturated heterocycles. The zero-order valence-corrected chi connectivity index (χ0v) is 13.5. The molecule has 0 heterocycles. The van der Waals surface area contributed by atoms with Gasteiger partial charge in [0.25, 0.3) is 0 Å². The first-order chi connectivity index (χ1) is 8.71. The van der Waals surface area contributed by atoms with Gasteiger partial charge >= 0.3 is 0 Å². The number of hydrogen-bond donors (Lipinski definition) is 0. The highest BCUT2D eigenvalue weighted by molar-refractivity contribution is 8.13. The van der Waals surface area contributed by atoms with Crippen LogP contribution in [0.4, 0.5) is 0 Å². The van der Waals surface area contributed by atoms with E-state index in [2.05, 4.69) is 4.40 Å². The predicted molar refractivity (Wildman–Crippen MR) is 83.2 cm³/mol. The van der Waals surface area contributed by atoms with E-state index in [-0.39, 0.29) is 9.86 Å². The fourth-order valence-electron chi connectivity index (χ4n) is 1.32. The molecule has 0 aromatic heterocycles. The summed E-state index contributed by atoms with van der Waals surface area (Å²) in [4.78, 5) is 12.2. The normalized spacial score (nSPS) is 13.7. The summed E-state index contributed by atoms with van der Waals surface area (Å²) in [5.41, 5.74) is 1.85. The molecule has 0 N–H and O–H groups in total. The highest BCUT2D eigenvalue weighted by atomic mass is 32.2. The average molecular weight is 297 g/mol. The molecule has 1 aromatic rings. The van der Waals surface area contributed by atoms with E-state index in [1.165, 1.54) is 18.7 Å². The molecular formula is C14H19NO2S2. The Labute approximate surface area is 121 Å². The van der Waals surface area contributed by atoms with Gasteiger partial charge in [0.2, 0.25) is 0 Å². The van der Waals surface area contributed by atoms with Crippen molar-refractivity contribution in [2.75, 3.05) is 0 Å². The second kappa shape index (κ2) is 6.48.